The highest BCUT2D eigenvalue weighted by atomic mass is 16.5. The van der Waals surface area contributed by atoms with Gasteiger partial charge in [-0.25, -0.2) is 9.97 Å². The molecule has 1 amide bonds. The van der Waals surface area contributed by atoms with E-state index >= 15 is 0 Å². The molecule has 1 aliphatic heterocycles. The molecule has 0 bridgehead atoms. The van der Waals surface area contributed by atoms with Crippen molar-refractivity contribution in [1.29, 1.82) is 0 Å². The number of H-pyrrole nitrogens is 1. The van der Waals surface area contributed by atoms with Gasteiger partial charge < -0.3 is 19.9 Å². The van der Waals surface area contributed by atoms with Gasteiger partial charge in [0.15, 0.2) is 0 Å². The van der Waals surface area contributed by atoms with Crippen molar-refractivity contribution in [3.63, 3.8) is 0 Å². The van der Waals surface area contributed by atoms with Crippen LogP contribution in [0.1, 0.15) is 28.7 Å². The number of hydrogen-bond donors (Lipinski definition) is 2. The summed E-state index contributed by atoms with van der Waals surface area (Å²) in [6.45, 7) is 6.97. The molecule has 0 spiro atoms. The topological polar surface area (TPSA) is 83.1 Å². The molecule has 27 heavy (non-hydrogen) atoms. The highest BCUT2D eigenvalue weighted by molar-refractivity contribution is 6.04. The fourth-order valence-corrected chi connectivity index (χ4v) is 3.50. The van der Waals surface area contributed by atoms with Gasteiger partial charge in [0.2, 0.25) is 5.95 Å². The fraction of sp³-hybridized carbons (Fsp3) is 0.350. The Bertz CT molecular complexity index is 976. The molecular formula is C20H23N5O2. The molecule has 3 aromatic rings. The van der Waals surface area contributed by atoms with E-state index < -0.39 is 0 Å². The van der Waals surface area contributed by atoms with Gasteiger partial charge in [-0.05, 0) is 43.2 Å². The standard InChI is InChI=1S/C20H23N5O2/c1-3-15-13(2)22-17-5-4-14(12-16(15)17)23-19(26)18-6-7-21-20(24-18)25-8-10-27-11-9-25/h4-7,12,22H,3,8-11H2,1-2H3,(H,23,26). The molecule has 0 unspecified atom stereocenters. The Morgan fingerprint density at radius 2 is 2.11 bits per heavy atom. The molecule has 2 aromatic heterocycles. The van der Waals surface area contributed by atoms with E-state index in [0.29, 0.717) is 24.9 Å². The molecule has 0 saturated carbocycles. The molecule has 1 saturated heterocycles. The number of carbonyl (C=O) groups is 1. The average molecular weight is 365 g/mol. The van der Waals surface area contributed by atoms with Crippen LogP contribution < -0.4 is 10.2 Å². The summed E-state index contributed by atoms with van der Waals surface area (Å²) >= 11 is 0. The first-order valence-electron chi connectivity index (χ1n) is 9.24. The van der Waals surface area contributed by atoms with Crippen molar-refractivity contribution in [2.45, 2.75) is 20.3 Å². The minimum Gasteiger partial charge on any atom is -0.378 e. The zero-order valence-corrected chi connectivity index (χ0v) is 15.6. The fourth-order valence-electron chi connectivity index (χ4n) is 3.50. The third kappa shape index (κ3) is 3.50. The number of carbonyl (C=O) groups excluding carboxylic acids is 1. The van der Waals surface area contributed by atoms with Crippen molar-refractivity contribution >= 4 is 28.4 Å². The smallest absolute Gasteiger partial charge is 0.274 e. The van der Waals surface area contributed by atoms with Gasteiger partial charge in [0, 0.05) is 41.6 Å². The number of amides is 1. The zero-order valence-electron chi connectivity index (χ0n) is 15.6. The van der Waals surface area contributed by atoms with Crippen molar-refractivity contribution in [2.75, 3.05) is 36.5 Å². The van der Waals surface area contributed by atoms with Crippen LogP contribution in [-0.2, 0) is 11.2 Å². The predicted molar refractivity (Wildman–Crippen MR) is 105 cm³/mol. The van der Waals surface area contributed by atoms with E-state index in [4.69, 9.17) is 4.74 Å². The first kappa shape index (κ1) is 17.5. The Labute approximate surface area is 157 Å². The first-order chi connectivity index (χ1) is 13.2. The number of benzene rings is 1. The van der Waals surface area contributed by atoms with Crippen molar-refractivity contribution in [3.05, 3.63) is 47.4 Å². The molecule has 1 fully saturated rings. The maximum absolute atomic E-state index is 12.7. The number of rotatable bonds is 4. The van der Waals surface area contributed by atoms with Crippen LogP contribution in [0.5, 0.6) is 0 Å². The van der Waals surface area contributed by atoms with Gasteiger partial charge in [-0.2, -0.15) is 0 Å². The molecule has 140 valence electrons. The first-order valence-corrected chi connectivity index (χ1v) is 9.24. The van der Waals surface area contributed by atoms with E-state index in [9.17, 15) is 4.79 Å². The van der Waals surface area contributed by atoms with Crippen LogP contribution in [0.15, 0.2) is 30.5 Å². The molecule has 7 heteroatoms. The summed E-state index contributed by atoms with van der Waals surface area (Å²) in [7, 11) is 0. The van der Waals surface area contributed by atoms with E-state index in [-0.39, 0.29) is 5.91 Å². The molecule has 1 aliphatic rings. The van der Waals surface area contributed by atoms with Crippen LogP contribution in [0.4, 0.5) is 11.6 Å². The van der Waals surface area contributed by atoms with Gasteiger partial charge in [-0.15, -0.1) is 0 Å². The molecule has 0 aliphatic carbocycles. The Morgan fingerprint density at radius 3 is 2.89 bits per heavy atom. The monoisotopic (exact) mass is 365 g/mol. The maximum Gasteiger partial charge on any atom is 0.274 e. The minimum absolute atomic E-state index is 0.239. The average Bonchev–Trinajstić information content (AvgIpc) is 3.03. The number of nitrogens with zero attached hydrogens (tertiary/aromatic N) is 3. The van der Waals surface area contributed by atoms with E-state index in [1.54, 1.807) is 12.3 Å². The van der Waals surface area contributed by atoms with Crippen LogP contribution in [-0.4, -0.2) is 47.2 Å². The van der Waals surface area contributed by atoms with Crippen LogP contribution >= 0.6 is 0 Å². The van der Waals surface area contributed by atoms with Crippen molar-refractivity contribution < 1.29 is 9.53 Å². The minimum atomic E-state index is -0.239. The normalized spacial score (nSPS) is 14.5. The molecule has 7 nitrogen and oxygen atoms in total. The summed E-state index contributed by atoms with van der Waals surface area (Å²) in [4.78, 5) is 26.8. The molecule has 3 heterocycles. The second-order valence-electron chi connectivity index (χ2n) is 6.64. The van der Waals surface area contributed by atoms with Crippen LogP contribution in [0.25, 0.3) is 10.9 Å². The molecule has 1 aromatic carbocycles. The lowest BCUT2D eigenvalue weighted by molar-refractivity contribution is 0.102. The third-order valence-electron chi connectivity index (χ3n) is 4.90. The van der Waals surface area contributed by atoms with Crippen LogP contribution in [0.2, 0.25) is 0 Å². The Morgan fingerprint density at radius 1 is 1.30 bits per heavy atom. The van der Waals surface area contributed by atoms with Crippen molar-refractivity contribution in [1.82, 2.24) is 15.0 Å². The number of hydrogen-bond acceptors (Lipinski definition) is 5. The number of ether oxygens (including phenoxy) is 1. The van der Waals surface area contributed by atoms with Gasteiger partial charge >= 0.3 is 0 Å². The van der Waals surface area contributed by atoms with E-state index in [1.165, 1.54) is 11.3 Å². The third-order valence-corrected chi connectivity index (χ3v) is 4.90. The predicted octanol–water partition coefficient (Wildman–Crippen LogP) is 2.92. The summed E-state index contributed by atoms with van der Waals surface area (Å²) in [6, 6.07) is 7.55. The lowest BCUT2D eigenvalue weighted by Gasteiger charge is -2.26. The molecular weight excluding hydrogens is 342 g/mol. The molecule has 4 rings (SSSR count). The number of fused-ring (bicyclic) bond motifs is 1. The number of aromatic amines is 1. The van der Waals surface area contributed by atoms with Crippen LogP contribution in [0.3, 0.4) is 0 Å². The summed E-state index contributed by atoms with van der Waals surface area (Å²) in [5.41, 5.74) is 4.64. The van der Waals surface area contributed by atoms with Gasteiger partial charge in [-0.3, -0.25) is 4.79 Å². The lowest BCUT2D eigenvalue weighted by atomic mass is 10.1. The highest BCUT2D eigenvalue weighted by Gasteiger charge is 2.16. The van der Waals surface area contributed by atoms with Gasteiger partial charge in [0.25, 0.3) is 5.91 Å². The van der Waals surface area contributed by atoms with Crippen molar-refractivity contribution in [3.8, 4) is 0 Å². The number of anilines is 2. The molecule has 0 atom stereocenters. The zero-order chi connectivity index (χ0) is 18.8. The summed E-state index contributed by atoms with van der Waals surface area (Å²) in [6.07, 6.45) is 2.57. The second-order valence-corrected chi connectivity index (χ2v) is 6.64. The van der Waals surface area contributed by atoms with Crippen LogP contribution in [0, 0.1) is 6.92 Å². The van der Waals surface area contributed by atoms with E-state index in [2.05, 4.69) is 34.1 Å². The number of nitrogens with one attached hydrogen (secondary N) is 2. The van der Waals surface area contributed by atoms with Gasteiger partial charge in [0.1, 0.15) is 5.69 Å². The largest absolute Gasteiger partial charge is 0.378 e. The summed E-state index contributed by atoms with van der Waals surface area (Å²) < 4.78 is 5.35. The quantitative estimate of drug-likeness (QED) is 0.743. The Balaban J connectivity index is 1.56. The summed E-state index contributed by atoms with van der Waals surface area (Å²) in [5.74, 6) is 0.326. The van der Waals surface area contributed by atoms with Crippen molar-refractivity contribution in [2.24, 2.45) is 0 Å². The number of morpholine rings is 1. The number of aromatic nitrogens is 3. The van der Waals surface area contributed by atoms with Gasteiger partial charge in [0.05, 0.1) is 13.2 Å². The summed E-state index contributed by atoms with van der Waals surface area (Å²) in [5, 5.41) is 4.10. The van der Waals surface area contributed by atoms with E-state index in [0.717, 1.165) is 36.1 Å². The molecule has 0 radical (unpaired) electrons. The lowest BCUT2D eigenvalue weighted by Crippen LogP contribution is -2.37. The SMILES string of the molecule is CCc1c(C)[nH]c2ccc(NC(=O)c3ccnc(N4CCOCC4)n3)cc12. The Hall–Kier alpha value is -2.93. The Kier molecular flexibility index (Phi) is 4.77. The number of aryl methyl sites for hydroxylation is 2. The maximum atomic E-state index is 12.7. The van der Waals surface area contributed by atoms with Gasteiger partial charge in [-0.1, -0.05) is 6.92 Å². The molecule has 2 N–H and O–H groups in total. The highest BCUT2D eigenvalue weighted by Crippen LogP contribution is 2.26. The second kappa shape index (κ2) is 7.36. The van der Waals surface area contributed by atoms with E-state index in [1.807, 2.05) is 23.1 Å².